The second-order valence-electron chi connectivity index (χ2n) is 7.11. The third-order valence-electron chi connectivity index (χ3n) is 5.26. The minimum absolute atomic E-state index is 0.146. The smallest absolute Gasteiger partial charge is 0.256 e. The van der Waals surface area contributed by atoms with Crippen LogP contribution < -0.4 is 14.2 Å². The number of carbonyl (C=O) groups is 1. The lowest BCUT2D eigenvalue weighted by atomic mass is 10.1. The summed E-state index contributed by atoms with van der Waals surface area (Å²) in [5, 5.41) is 0. The topological polar surface area (TPSA) is 88.2 Å². The molecule has 0 aliphatic carbocycles. The molecule has 168 valence electrons. The molecule has 3 rings (SSSR count). The number of sulfonamides is 1. The van der Waals surface area contributed by atoms with Crippen molar-refractivity contribution in [1.82, 2.24) is 14.5 Å². The Labute approximate surface area is 181 Å². The number of nitrogens with zero attached hydrogens (tertiary/aromatic N) is 2. The molecule has 0 aromatic heterocycles. The molecule has 10 heteroatoms. The summed E-state index contributed by atoms with van der Waals surface area (Å²) in [6.45, 7) is 2.71. The van der Waals surface area contributed by atoms with Crippen LogP contribution in [0, 0.1) is 5.82 Å². The maximum absolute atomic E-state index is 14.3. The molecule has 2 aromatic rings. The summed E-state index contributed by atoms with van der Waals surface area (Å²) >= 11 is 0. The van der Waals surface area contributed by atoms with E-state index >= 15 is 0 Å². The largest absolute Gasteiger partial charge is 0.493 e. The first-order valence-electron chi connectivity index (χ1n) is 9.74. The van der Waals surface area contributed by atoms with Crippen LogP contribution >= 0.6 is 0 Å². The Balaban J connectivity index is 1.66. The highest BCUT2D eigenvalue weighted by molar-refractivity contribution is 7.89. The number of benzene rings is 2. The number of hydrogen-bond donors (Lipinski definition) is 1. The highest BCUT2D eigenvalue weighted by Gasteiger charge is 2.26. The molecule has 31 heavy (non-hydrogen) atoms. The molecular formula is C21H26FN3O5S. The quantitative estimate of drug-likeness (QED) is 0.690. The Bertz CT molecular complexity index is 1050. The molecule has 2 aromatic carbocycles. The lowest BCUT2D eigenvalue weighted by molar-refractivity contribution is 0.0623. The molecule has 0 saturated carbocycles. The van der Waals surface area contributed by atoms with Crippen molar-refractivity contribution in [2.24, 2.45) is 0 Å². The van der Waals surface area contributed by atoms with Gasteiger partial charge in [0, 0.05) is 32.7 Å². The number of carbonyl (C=O) groups excluding carboxylic acids is 1. The van der Waals surface area contributed by atoms with E-state index in [2.05, 4.69) is 9.62 Å². The van der Waals surface area contributed by atoms with Crippen LogP contribution in [0.5, 0.6) is 11.5 Å². The van der Waals surface area contributed by atoms with Gasteiger partial charge in [-0.2, -0.15) is 0 Å². The van der Waals surface area contributed by atoms with Crippen molar-refractivity contribution in [2.45, 2.75) is 11.4 Å². The Morgan fingerprint density at radius 3 is 2.32 bits per heavy atom. The predicted octanol–water partition coefficient (Wildman–Crippen LogP) is 1.71. The van der Waals surface area contributed by atoms with Gasteiger partial charge >= 0.3 is 0 Å². The molecule has 1 amide bonds. The lowest BCUT2D eigenvalue weighted by Crippen LogP contribution is -2.48. The van der Waals surface area contributed by atoms with Crippen LogP contribution in [0.3, 0.4) is 0 Å². The lowest BCUT2D eigenvalue weighted by Gasteiger charge is -2.35. The molecule has 8 nitrogen and oxygen atoms in total. The van der Waals surface area contributed by atoms with Crippen LogP contribution in [0.4, 0.5) is 4.39 Å². The van der Waals surface area contributed by atoms with Gasteiger partial charge in [-0.05, 0) is 42.9 Å². The third-order valence-corrected chi connectivity index (χ3v) is 6.67. The Hall–Kier alpha value is -2.69. The minimum Gasteiger partial charge on any atom is -0.493 e. The Morgan fingerprint density at radius 2 is 1.71 bits per heavy atom. The molecule has 0 bridgehead atoms. The number of nitrogens with one attached hydrogen (secondary N) is 1. The van der Waals surface area contributed by atoms with Gasteiger partial charge in [-0.3, -0.25) is 9.69 Å². The molecule has 0 atom stereocenters. The van der Waals surface area contributed by atoms with Gasteiger partial charge in [-0.25, -0.2) is 17.5 Å². The van der Waals surface area contributed by atoms with Crippen LogP contribution in [0.1, 0.15) is 15.9 Å². The second kappa shape index (κ2) is 9.63. The van der Waals surface area contributed by atoms with Crippen molar-refractivity contribution in [1.29, 1.82) is 0 Å². The van der Waals surface area contributed by atoms with Gasteiger partial charge in [0.25, 0.3) is 5.91 Å². The van der Waals surface area contributed by atoms with Crippen molar-refractivity contribution in [3.05, 3.63) is 53.3 Å². The first kappa shape index (κ1) is 23.0. The maximum atomic E-state index is 14.3. The summed E-state index contributed by atoms with van der Waals surface area (Å²) in [5.41, 5.74) is 0.804. The zero-order valence-corrected chi connectivity index (χ0v) is 18.5. The van der Waals surface area contributed by atoms with Crippen LogP contribution in [0.25, 0.3) is 0 Å². The fourth-order valence-electron chi connectivity index (χ4n) is 3.47. The van der Waals surface area contributed by atoms with Crippen molar-refractivity contribution < 1.29 is 27.1 Å². The third kappa shape index (κ3) is 5.15. The number of amides is 1. The van der Waals surface area contributed by atoms with Crippen molar-refractivity contribution in [3.63, 3.8) is 0 Å². The Kier molecular flexibility index (Phi) is 7.14. The van der Waals surface area contributed by atoms with E-state index in [0.29, 0.717) is 44.2 Å². The summed E-state index contributed by atoms with van der Waals surface area (Å²) in [6.07, 6.45) is 0. The number of hydrogen-bond acceptors (Lipinski definition) is 6. The van der Waals surface area contributed by atoms with E-state index in [-0.39, 0.29) is 10.5 Å². The normalized spacial score (nSPS) is 15.0. The molecule has 1 saturated heterocycles. The van der Waals surface area contributed by atoms with E-state index < -0.39 is 21.7 Å². The number of halogens is 1. The molecule has 0 spiro atoms. The van der Waals surface area contributed by atoms with Gasteiger partial charge in [0.1, 0.15) is 5.82 Å². The highest BCUT2D eigenvalue weighted by atomic mass is 32.2. The molecule has 1 fully saturated rings. The zero-order valence-electron chi connectivity index (χ0n) is 17.7. The van der Waals surface area contributed by atoms with Gasteiger partial charge in [0.05, 0.1) is 24.7 Å². The summed E-state index contributed by atoms with van der Waals surface area (Å²) in [5.74, 6) is 0.0520. The summed E-state index contributed by atoms with van der Waals surface area (Å²) in [7, 11) is 0.660. The van der Waals surface area contributed by atoms with Crippen molar-refractivity contribution in [2.75, 3.05) is 47.4 Å². The fraction of sp³-hybridized carbons (Fsp3) is 0.381. The highest BCUT2D eigenvalue weighted by Crippen LogP contribution is 2.28. The number of methoxy groups -OCH3 is 2. The Morgan fingerprint density at radius 1 is 1.03 bits per heavy atom. The standard InChI is InChI=1S/C21H26FN3O5S/c1-23-31(27,28)16-5-6-18(22)17(13-16)21(26)25-10-8-24(9-11-25)14-15-4-7-19(29-2)20(12-15)30-3/h4-7,12-13,23H,8-11,14H2,1-3H3. The van der Waals surface area contributed by atoms with Crippen LogP contribution in [0.2, 0.25) is 0 Å². The summed E-state index contributed by atoms with van der Waals surface area (Å²) < 4.78 is 51.0. The van der Waals surface area contributed by atoms with E-state index in [0.717, 1.165) is 23.8 Å². The van der Waals surface area contributed by atoms with Gasteiger partial charge in [0.2, 0.25) is 10.0 Å². The molecule has 1 aliphatic heterocycles. The number of piperazine rings is 1. The van der Waals surface area contributed by atoms with E-state index in [1.807, 2.05) is 18.2 Å². The average Bonchev–Trinajstić information content (AvgIpc) is 2.79. The minimum atomic E-state index is -3.77. The van der Waals surface area contributed by atoms with E-state index in [1.54, 1.807) is 19.1 Å². The number of rotatable bonds is 7. The molecule has 0 radical (unpaired) electrons. The molecule has 1 heterocycles. The van der Waals surface area contributed by atoms with Gasteiger partial charge in [-0.15, -0.1) is 0 Å². The predicted molar refractivity (Wildman–Crippen MR) is 113 cm³/mol. The second-order valence-corrected chi connectivity index (χ2v) is 8.99. The zero-order chi connectivity index (χ0) is 22.6. The fourth-order valence-corrected chi connectivity index (χ4v) is 4.23. The first-order valence-corrected chi connectivity index (χ1v) is 11.2. The van der Waals surface area contributed by atoms with E-state index in [4.69, 9.17) is 9.47 Å². The summed E-state index contributed by atoms with van der Waals surface area (Å²) in [4.78, 5) is 16.4. The molecule has 1 N–H and O–H groups in total. The molecular weight excluding hydrogens is 425 g/mol. The number of ether oxygens (including phenoxy) is 2. The van der Waals surface area contributed by atoms with Crippen LogP contribution in [-0.2, 0) is 16.6 Å². The molecule has 1 aliphatic rings. The maximum Gasteiger partial charge on any atom is 0.256 e. The first-order chi connectivity index (χ1) is 14.8. The van der Waals surface area contributed by atoms with Crippen molar-refractivity contribution >= 4 is 15.9 Å². The molecule has 0 unspecified atom stereocenters. The SMILES string of the molecule is CNS(=O)(=O)c1ccc(F)c(C(=O)N2CCN(Cc3ccc(OC)c(OC)c3)CC2)c1. The monoisotopic (exact) mass is 451 g/mol. The van der Waals surface area contributed by atoms with Crippen LogP contribution in [0.15, 0.2) is 41.3 Å². The average molecular weight is 452 g/mol. The van der Waals surface area contributed by atoms with Gasteiger partial charge < -0.3 is 14.4 Å². The van der Waals surface area contributed by atoms with E-state index in [1.165, 1.54) is 7.05 Å². The van der Waals surface area contributed by atoms with E-state index in [9.17, 15) is 17.6 Å². The van der Waals surface area contributed by atoms with Gasteiger partial charge in [-0.1, -0.05) is 6.07 Å². The summed E-state index contributed by atoms with van der Waals surface area (Å²) in [6, 6.07) is 8.95. The van der Waals surface area contributed by atoms with Gasteiger partial charge in [0.15, 0.2) is 11.5 Å². The van der Waals surface area contributed by atoms with Crippen LogP contribution in [-0.4, -0.2) is 71.6 Å². The van der Waals surface area contributed by atoms with Crippen molar-refractivity contribution in [3.8, 4) is 11.5 Å².